The van der Waals surface area contributed by atoms with Crippen LogP contribution in [0, 0.1) is 12.8 Å². The molecule has 0 radical (unpaired) electrons. The molecule has 196 valence electrons. The minimum atomic E-state index is 0.0557. The zero-order valence-electron chi connectivity index (χ0n) is 22.2. The average molecular weight is 505 g/mol. The second kappa shape index (κ2) is 10.5. The quantitative estimate of drug-likeness (QED) is 0.368. The first-order valence-electron chi connectivity index (χ1n) is 12.9. The SMILES string of the molecule is CO[C@H]1CCN(c2nccc(Nc3cc4c(cn3)c(-c3nn(CCO)cc3C)cn4C(C)C)n2)C[C@H]1C. The van der Waals surface area contributed by atoms with Gasteiger partial charge in [-0.2, -0.15) is 10.1 Å². The van der Waals surface area contributed by atoms with Crippen molar-refractivity contribution in [2.24, 2.45) is 5.92 Å². The van der Waals surface area contributed by atoms with Gasteiger partial charge in [-0.15, -0.1) is 0 Å². The van der Waals surface area contributed by atoms with Gasteiger partial charge in [0.25, 0.3) is 0 Å². The van der Waals surface area contributed by atoms with E-state index >= 15 is 0 Å². The van der Waals surface area contributed by atoms with Crippen LogP contribution in [0.15, 0.2) is 36.9 Å². The van der Waals surface area contributed by atoms with Crippen LogP contribution in [-0.4, -0.2) is 67.3 Å². The molecule has 4 aromatic rings. The Labute approximate surface area is 217 Å². The van der Waals surface area contributed by atoms with Gasteiger partial charge in [0.1, 0.15) is 11.6 Å². The Hall–Kier alpha value is -3.50. The predicted octanol–water partition coefficient (Wildman–Crippen LogP) is 4.18. The van der Waals surface area contributed by atoms with E-state index in [1.165, 1.54) is 0 Å². The van der Waals surface area contributed by atoms with E-state index in [2.05, 4.69) is 52.8 Å². The fourth-order valence-electron chi connectivity index (χ4n) is 5.19. The van der Waals surface area contributed by atoms with Crippen molar-refractivity contribution in [2.45, 2.75) is 52.8 Å². The number of hydrogen-bond donors (Lipinski definition) is 2. The molecule has 1 aliphatic heterocycles. The summed E-state index contributed by atoms with van der Waals surface area (Å²) in [5.41, 5.74) is 4.08. The Morgan fingerprint density at radius 2 is 2.05 bits per heavy atom. The number of fused-ring (bicyclic) bond motifs is 1. The number of methoxy groups -OCH3 is 1. The highest BCUT2D eigenvalue weighted by Gasteiger charge is 2.27. The maximum Gasteiger partial charge on any atom is 0.227 e. The minimum absolute atomic E-state index is 0.0557. The maximum atomic E-state index is 9.32. The van der Waals surface area contributed by atoms with Crippen molar-refractivity contribution < 1.29 is 9.84 Å². The highest BCUT2D eigenvalue weighted by Crippen LogP contribution is 2.34. The van der Waals surface area contributed by atoms with Crippen molar-refractivity contribution >= 4 is 28.5 Å². The molecule has 0 unspecified atom stereocenters. The van der Waals surface area contributed by atoms with Crippen molar-refractivity contribution in [3.8, 4) is 11.3 Å². The van der Waals surface area contributed by atoms with Crippen LogP contribution in [0.5, 0.6) is 0 Å². The summed E-state index contributed by atoms with van der Waals surface area (Å²) in [7, 11) is 1.78. The molecule has 2 atom stereocenters. The lowest BCUT2D eigenvalue weighted by atomic mass is 9.97. The van der Waals surface area contributed by atoms with Gasteiger partial charge >= 0.3 is 0 Å². The Balaban J connectivity index is 1.43. The Kier molecular flexibility index (Phi) is 7.12. The van der Waals surface area contributed by atoms with Gasteiger partial charge in [-0.25, -0.2) is 9.97 Å². The van der Waals surface area contributed by atoms with Gasteiger partial charge in [-0.1, -0.05) is 6.92 Å². The number of ether oxygens (including phenoxy) is 1. The first-order valence-corrected chi connectivity index (χ1v) is 12.9. The minimum Gasteiger partial charge on any atom is -0.394 e. The van der Waals surface area contributed by atoms with E-state index in [1.807, 2.05) is 25.4 Å². The highest BCUT2D eigenvalue weighted by atomic mass is 16.5. The molecule has 0 spiro atoms. The van der Waals surface area contributed by atoms with E-state index in [9.17, 15) is 5.11 Å². The number of hydrogen-bond acceptors (Lipinski definition) is 8. The number of pyridine rings is 1. The average Bonchev–Trinajstić information content (AvgIpc) is 3.44. The van der Waals surface area contributed by atoms with Crippen LogP contribution >= 0.6 is 0 Å². The van der Waals surface area contributed by atoms with E-state index in [1.54, 1.807) is 18.0 Å². The van der Waals surface area contributed by atoms with Gasteiger partial charge in [0.2, 0.25) is 5.95 Å². The van der Waals surface area contributed by atoms with E-state index in [4.69, 9.17) is 19.8 Å². The number of aliphatic hydroxyl groups is 1. The normalized spacial score (nSPS) is 18.2. The summed E-state index contributed by atoms with van der Waals surface area (Å²) < 4.78 is 9.63. The number of nitrogens with zero attached hydrogens (tertiary/aromatic N) is 7. The maximum absolute atomic E-state index is 9.32. The molecule has 1 saturated heterocycles. The van der Waals surface area contributed by atoms with Gasteiger partial charge < -0.3 is 24.6 Å². The first-order chi connectivity index (χ1) is 17.9. The lowest BCUT2D eigenvalue weighted by Gasteiger charge is -2.36. The Bertz CT molecular complexity index is 1380. The fourth-order valence-corrected chi connectivity index (χ4v) is 5.19. The number of aromatic nitrogens is 6. The second-order valence-corrected chi connectivity index (χ2v) is 10.1. The van der Waals surface area contributed by atoms with Crippen molar-refractivity contribution in [2.75, 3.05) is 37.0 Å². The number of rotatable bonds is 8. The summed E-state index contributed by atoms with van der Waals surface area (Å²) >= 11 is 0. The van der Waals surface area contributed by atoms with E-state index in [-0.39, 0.29) is 18.8 Å². The fraction of sp³-hybridized carbons (Fsp3) is 0.481. The molecule has 1 fully saturated rings. The molecule has 5 rings (SSSR count). The zero-order valence-corrected chi connectivity index (χ0v) is 22.2. The summed E-state index contributed by atoms with van der Waals surface area (Å²) in [6, 6.07) is 4.19. The Morgan fingerprint density at radius 1 is 1.22 bits per heavy atom. The molecule has 10 heteroatoms. The highest BCUT2D eigenvalue weighted by molar-refractivity contribution is 5.96. The van der Waals surface area contributed by atoms with Crippen LogP contribution in [0.4, 0.5) is 17.6 Å². The van der Waals surface area contributed by atoms with Crippen molar-refractivity contribution in [1.29, 1.82) is 0 Å². The van der Waals surface area contributed by atoms with Gasteiger partial charge in [-0.05, 0) is 44.7 Å². The summed E-state index contributed by atoms with van der Waals surface area (Å²) in [5.74, 6) is 2.56. The van der Waals surface area contributed by atoms with Gasteiger partial charge in [0.05, 0.1) is 30.5 Å². The number of nitrogens with one attached hydrogen (secondary N) is 1. The zero-order chi connectivity index (χ0) is 26.1. The Morgan fingerprint density at radius 3 is 2.78 bits per heavy atom. The molecule has 0 bridgehead atoms. The topological polar surface area (TPSA) is 106 Å². The monoisotopic (exact) mass is 504 g/mol. The lowest BCUT2D eigenvalue weighted by molar-refractivity contribution is 0.0442. The van der Waals surface area contributed by atoms with Crippen LogP contribution in [0.1, 0.15) is 38.8 Å². The van der Waals surface area contributed by atoms with Gasteiger partial charge in [0.15, 0.2) is 0 Å². The number of aryl methyl sites for hydroxylation is 1. The van der Waals surface area contributed by atoms with Gasteiger partial charge in [-0.3, -0.25) is 4.68 Å². The molecule has 2 N–H and O–H groups in total. The third kappa shape index (κ3) is 5.03. The predicted molar refractivity (Wildman–Crippen MR) is 145 cm³/mol. The van der Waals surface area contributed by atoms with Crippen molar-refractivity contribution in [3.05, 3.63) is 42.5 Å². The first kappa shape index (κ1) is 25.2. The summed E-state index contributed by atoms with van der Waals surface area (Å²) in [6.07, 6.45) is 9.05. The molecule has 0 saturated carbocycles. The summed E-state index contributed by atoms with van der Waals surface area (Å²) in [6.45, 7) is 10.8. The summed E-state index contributed by atoms with van der Waals surface area (Å²) in [5, 5.41) is 18.5. The van der Waals surface area contributed by atoms with Gasteiger partial charge in [0, 0.05) is 68.0 Å². The van der Waals surface area contributed by atoms with Crippen LogP contribution in [-0.2, 0) is 11.3 Å². The molecule has 0 amide bonds. The van der Waals surface area contributed by atoms with E-state index in [0.29, 0.717) is 24.2 Å². The van der Waals surface area contributed by atoms with Crippen LogP contribution in [0.3, 0.4) is 0 Å². The molecular formula is C27H36N8O2. The largest absolute Gasteiger partial charge is 0.394 e. The molecule has 4 aromatic heterocycles. The molecule has 0 aromatic carbocycles. The molecular weight excluding hydrogens is 468 g/mol. The number of anilines is 3. The molecule has 1 aliphatic rings. The number of piperidine rings is 1. The van der Waals surface area contributed by atoms with Crippen molar-refractivity contribution in [3.63, 3.8) is 0 Å². The van der Waals surface area contributed by atoms with Crippen LogP contribution in [0.25, 0.3) is 22.2 Å². The van der Waals surface area contributed by atoms with Crippen LogP contribution < -0.4 is 10.2 Å². The standard InChI is InChI=1S/C27H36N8O2/c1-17(2)35-16-21(26-19(4)15-34(32-26)10-11-36)20-13-29-25(12-22(20)35)30-24-6-8-28-27(31-24)33-9-7-23(37-5)18(3)14-33/h6,8,12-13,15-18,23,36H,7,9-11,14H2,1-5H3,(H,28,29,30,31)/t18-,23+/m1/s1. The third-order valence-corrected chi connectivity index (χ3v) is 7.12. The lowest BCUT2D eigenvalue weighted by Crippen LogP contribution is -2.43. The van der Waals surface area contributed by atoms with Crippen molar-refractivity contribution in [1.82, 2.24) is 29.3 Å². The molecule has 0 aliphatic carbocycles. The smallest absolute Gasteiger partial charge is 0.227 e. The number of aliphatic hydroxyl groups excluding tert-OH is 1. The van der Waals surface area contributed by atoms with E-state index in [0.717, 1.165) is 53.1 Å². The third-order valence-electron chi connectivity index (χ3n) is 7.12. The summed E-state index contributed by atoms with van der Waals surface area (Å²) in [4.78, 5) is 16.2. The van der Waals surface area contributed by atoms with E-state index < -0.39 is 0 Å². The second-order valence-electron chi connectivity index (χ2n) is 10.1. The molecule has 37 heavy (non-hydrogen) atoms. The molecule has 10 nitrogen and oxygen atoms in total. The molecule has 5 heterocycles. The van der Waals surface area contributed by atoms with Crippen LogP contribution in [0.2, 0.25) is 0 Å².